The van der Waals surface area contributed by atoms with Crippen molar-refractivity contribution in [2.24, 2.45) is 16.9 Å². The number of hydrogen-bond acceptors (Lipinski definition) is 3. The van der Waals surface area contributed by atoms with Crippen molar-refractivity contribution in [2.45, 2.75) is 19.3 Å². The monoisotopic (exact) mass is 262 g/mol. The number of urea groups is 1. The van der Waals surface area contributed by atoms with Crippen LogP contribution in [-0.2, 0) is 4.79 Å². The van der Waals surface area contributed by atoms with Crippen LogP contribution in [0.15, 0.2) is 24.3 Å². The molecule has 0 heterocycles. The maximum Gasteiger partial charge on any atom is 0.316 e. The number of benzene rings is 1. The van der Waals surface area contributed by atoms with E-state index in [-0.39, 0.29) is 5.91 Å². The van der Waals surface area contributed by atoms with Crippen LogP contribution in [-0.4, -0.2) is 18.5 Å². The lowest BCUT2D eigenvalue weighted by atomic mass is 9.68. The second-order valence-corrected chi connectivity index (χ2v) is 4.86. The fourth-order valence-corrected chi connectivity index (χ4v) is 2.17. The van der Waals surface area contributed by atoms with Crippen LogP contribution < -0.4 is 22.1 Å². The third-order valence-electron chi connectivity index (χ3n) is 3.59. The Morgan fingerprint density at radius 3 is 2.00 bits per heavy atom. The first kappa shape index (κ1) is 13.4. The second kappa shape index (κ2) is 5.27. The van der Waals surface area contributed by atoms with Crippen LogP contribution in [0.2, 0.25) is 0 Å². The van der Waals surface area contributed by atoms with Crippen LogP contribution in [0.5, 0.6) is 0 Å². The summed E-state index contributed by atoms with van der Waals surface area (Å²) < 4.78 is 0. The lowest BCUT2D eigenvalue weighted by molar-refractivity contribution is -0.129. The smallest absolute Gasteiger partial charge is 0.316 e. The number of amides is 3. The van der Waals surface area contributed by atoms with Gasteiger partial charge in [-0.3, -0.25) is 4.79 Å². The van der Waals surface area contributed by atoms with Crippen molar-refractivity contribution < 1.29 is 9.59 Å². The van der Waals surface area contributed by atoms with Gasteiger partial charge in [0.25, 0.3) is 0 Å². The van der Waals surface area contributed by atoms with Gasteiger partial charge in [-0.1, -0.05) is 6.42 Å². The maximum atomic E-state index is 12.1. The molecule has 1 aromatic carbocycles. The SMILES string of the molecule is NCC1(C(=O)Nc2ccc(NC(N)=O)cc2)CCC1. The van der Waals surface area contributed by atoms with Crippen LogP contribution in [0.3, 0.4) is 0 Å². The quantitative estimate of drug-likeness (QED) is 0.655. The van der Waals surface area contributed by atoms with Crippen molar-refractivity contribution in [1.29, 1.82) is 0 Å². The molecule has 0 atom stereocenters. The third-order valence-corrected chi connectivity index (χ3v) is 3.59. The van der Waals surface area contributed by atoms with Crippen molar-refractivity contribution in [2.75, 3.05) is 17.2 Å². The summed E-state index contributed by atoms with van der Waals surface area (Å²) in [5, 5.41) is 5.31. The van der Waals surface area contributed by atoms with E-state index in [1.165, 1.54) is 0 Å². The summed E-state index contributed by atoms with van der Waals surface area (Å²) in [5.41, 5.74) is 11.6. The molecule has 6 heteroatoms. The van der Waals surface area contributed by atoms with E-state index in [1.54, 1.807) is 24.3 Å². The molecule has 0 spiro atoms. The summed E-state index contributed by atoms with van der Waals surface area (Å²) in [6, 6.07) is 6.17. The number of anilines is 2. The fourth-order valence-electron chi connectivity index (χ4n) is 2.17. The number of hydrogen-bond donors (Lipinski definition) is 4. The summed E-state index contributed by atoms with van der Waals surface area (Å²) in [6.45, 7) is 0.375. The van der Waals surface area contributed by atoms with Crippen molar-refractivity contribution in [3.63, 3.8) is 0 Å². The predicted octanol–water partition coefficient (Wildman–Crippen LogP) is 1.24. The Hall–Kier alpha value is -2.08. The van der Waals surface area contributed by atoms with Crippen LogP contribution in [0.1, 0.15) is 19.3 Å². The molecule has 2 rings (SSSR count). The molecular formula is C13H18N4O2. The Balaban J connectivity index is 1.99. The lowest BCUT2D eigenvalue weighted by Crippen LogP contribution is -2.47. The molecule has 0 saturated heterocycles. The molecule has 1 aromatic rings. The molecule has 1 saturated carbocycles. The molecule has 0 aliphatic heterocycles. The van der Waals surface area contributed by atoms with Gasteiger partial charge in [0.2, 0.25) is 5.91 Å². The number of carbonyl (C=O) groups is 2. The highest BCUT2D eigenvalue weighted by molar-refractivity contribution is 5.96. The van der Waals surface area contributed by atoms with Gasteiger partial charge in [-0.2, -0.15) is 0 Å². The molecule has 0 bridgehead atoms. The standard InChI is InChI=1S/C13H18N4O2/c14-8-13(6-1-7-13)11(18)16-9-2-4-10(5-3-9)17-12(15)19/h2-5H,1,6-8,14H2,(H,16,18)(H3,15,17,19). The van der Waals surface area contributed by atoms with E-state index < -0.39 is 11.4 Å². The molecule has 1 fully saturated rings. The highest BCUT2D eigenvalue weighted by atomic mass is 16.2. The maximum absolute atomic E-state index is 12.1. The van der Waals surface area contributed by atoms with Gasteiger partial charge in [0, 0.05) is 17.9 Å². The Bertz CT molecular complexity index is 474. The van der Waals surface area contributed by atoms with E-state index in [2.05, 4.69) is 10.6 Å². The van der Waals surface area contributed by atoms with Gasteiger partial charge in [0.1, 0.15) is 0 Å². The number of nitrogens with two attached hydrogens (primary N) is 2. The van der Waals surface area contributed by atoms with E-state index in [0.717, 1.165) is 19.3 Å². The molecule has 19 heavy (non-hydrogen) atoms. The zero-order valence-electron chi connectivity index (χ0n) is 10.6. The van der Waals surface area contributed by atoms with Crippen LogP contribution in [0, 0.1) is 5.41 Å². The van der Waals surface area contributed by atoms with E-state index in [9.17, 15) is 9.59 Å². The first-order valence-corrected chi connectivity index (χ1v) is 6.24. The molecule has 6 N–H and O–H groups in total. The minimum atomic E-state index is -0.617. The molecule has 0 radical (unpaired) electrons. The Labute approximate surface area is 111 Å². The van der Waals surface area contributed by atoms with Gasteiger partial charge < -0.3 is 22.1 Å². The Morgan fingerprint density at radius 2 is 1.63 bits per heavy atom. The third kappa shape index (κ3) is 2.85. The van der Waals surface area contributed by atoms with Crippen LogP contribution in [0.4, 0.5) is 16.2 Å². The van der Waals surface area contributed by atoms with Gasteiger partial charge in [-0.25, -0.2) is 4.79 Å². The summed E-state index contributed by atoms with van der Waals surface area (Å²) in [5.74, 6) is -0.0307. The summed E-state index contributed by atoms with van der Waals surface area (Å²) in [6.07, 6.45) is 2.74. The van der Waals surface area contributed by atoms with E-state index in [0.29, 0.717) is 17.9 Å². The molecule has 0 unspecified atom stereocenters. The number of nitrogens with one attached hydrogen (secondary N) is 2. The molecular weight excluding hydrogens is 244 g/mol. The molecule has 1 aliphatic carbocycles. The largest absolute Gasteiger partial charge is 0.351 e. The molecule has 0 aromatic heterocycles. The molecule has 3 amide bonds. The summed E-state index contributed by atoms with van der Waals surface area (Å²) >= 11 is 0. The minimum Gasteiger partial charge on any atom is -0.351 e. The number of primary amides is 1. The minimum absolute atomic E-state index is 0.0307. The topological polar surface area (TPSA) is 110 Å². The zero-order valence-corrected chi connectivity index (χ0v) is 10.6. The summed E-state index contributed by atoms with van der Waals surface area (Å²) in [7, 11) is 0. The van der Waals surface area contributed by atoms with Gasteiger partial charge in [-0.15, -0.1) is 0 Å². The van der Waals surface area contributed by atoms with Crippen molar-refractivity contribution in [1.82, 2.24) is 0 Å². The van der Waals surface area contributed by atoms with E-state index in [1.807, 2.05) is 0 Å². The highest BCUT2D eigenvalue weighted by Gasteiger charge is 2.42. The molecule has 6 nitrogen and oxygen atoms in total. The molecule has 1 aliphatic rings. The second-order valence-electron chi connectivity index (χ2n) is 4.86. The molecule has 102 valence electrons. The van der Waals surface area contributed by atoms with Gasteiger partial charge in [0.05, 0.1) is 5.41 Å². The number of rotatable bonds is 4. The summed E-state index contributed by atoms with van der Waals surface area (Å²) in [4.78, 5) is 22.8. The number of carbonyl (C=O) groups excluding carboxylic acids is 2. The normalized spacial score (nSPS) is 16.3. The average molecular weight is 262 g/mol. The van der Waals surface area contributed by atoms with Crippen LogP contribution >= 0.6 is 0 Å². The Morgan fingerprint density at radius 1 is 1.11 bits per heavy atom. The van der Waals surface area contributed by atoms with E-state index in [4.69, 9.17) is 11.5 Å². The Kier molecular flexibility index (Phi) is 3.71. The zero-order chi connectivity index (χ0) is 13.9. The first-order chi connectivity index (χ1) is 9.05. The average Bonchev–Trinajstić information content (AvgIpc) is 2.30. The van der Waals surface area contributed by atoms with Crippen molar-refractivity contribution in [3.05, 3.63) is 24.3 Å². The van der Waals surface area contributed by atoms with Crippen LogP contribution in [0.25, 0.3) is 0 Å². The predicted molar refractivity (Wildman–Crippen MR) is 73.6 cm³/mol. The van der Waals surface area contributed by atoms with Crippen molar-refractivity contribution in [3.8, 4) is 0 Å². The van der Waals surface area contributed by atoms with Gasteiger partial charge >= 0.3 is 6.03 Å². The fraction of sp³-hybridized carbons (Fsp3) is 0.385. The highest BCUT2D eigenvalue weighted by Crippen LogP contribution is 2.40. The lowest BCUT2D eigenvalue weighted by Gasteiger charge is -2.39. The first-order valence-electron chi connectivity index (χ1n) is 6.24. The van der Waals surface area contributed by atoms with Gasteiger partial charge in [0.15, 0.2) is 0 Å². The van der Waals surface area contributed by atoms with Crippen molar-refractivity contribution >= 4 is 23.3 Å². The van der Waals surface area contributed by atoms with E-state index >= 15 is 0 Å². The van der Waals surface area contributed by atoms with Gasteiger partial charge in [-0.05, 0) is 37.1 Å².